The van der Waals surface area contributed by atoms with E-state index in [9.17, 15) is 8.42 Å². The molecule has 1 aromatic rings. The van der Waals surface area contributed by atoms with Crippen molar-refractivity contribution in [2.24, 2.45) is 16.6 Å². The minimum Gasteiger partial charge on any atom is -0.369 e. The molecule has 0 fully saturated rings. The van der Waals surface area contributed by atoms with E-state index in [4.69, 9.17) is 5.73 Å². The third-order valence-corrected chi connectivity index (χ3v) is 4.75. The molecule has 0 radical (unpaired) electrons. The molecule has 0 saturated heterocycles. The van der Waals surface area contributed by atoms with Crippen LogP contribution in [-0.4, -0.2) is 20.9 Å². The van der Waals surface area contributed by atoms with Crippen LogP contribution in [0.3, 0.4) is 0 Å². The lowest BCUT2D eigenvalue weighted by Crippen LogP contribution is -2.37. The number of aryl methyl sites for hydroxylation is 1. The summed E-state index contributed by atoms with van der Waals surface area (Å²) in [5.74, 6) is 0.379. The minimum atomic E-state index is -3.68. The lowest BCUT2D eigenvalue weighted by molar-refractivity contribution is 0.592. The van der Waals surface area contributed by atoms with Crippen molar-refractivity contribution in [3.05, 3.63) is 53.6 Å². The topological polar surface area (TPSA) is 84.5 Å². The first-order chi connectivity index (χ1) is 10.4. The monoisotopic (exact) mass is 319 g/mol. The highest BCUT2D eigenvalue weighted by molar-refractivity contribution is 7.90. The second kappa shape index (κ2) is 6.79. The molecule has 6 heteroatoms. The van der Waals surface area contributed by atoms with Gasteiger partial charge in [-0.15, -0.1) is 0 Å². The maximum Gasteiger partial charge on any atom is 0.264 e. The number of hydrogen-bond acceptors (Lipinski definition) is 3. The predicted octanol–water partition coefficient (Wildman–Crippen LogP) is 2.11. The Labute approximate surface area is 131 Å². The Kier molecular flexibility index (Phi) is 5.03. The summed E-state index contributed by atoms with van der Waals surface area (Å²) in [6.45, 7) is 4.42. The van der Waals surface area contributed by atoms with Crippen molar-refractivity contribution in [3.63, 3.8) is 0 Å². The molecule has 1 aliphatic rings. The maximum absolute atomic E-state index is 12.2. The average molecular weight is 319 g/mol. The molecular formula is C16H21N3O2S. The van der Waals surface area contributed by atoms with E-state index >= 15 is 0 Å². The second-order valence-corrected chi connectivity index (χ2v) is 7.19. The summed E-state index contributed by atoms with van der Waals surface area (Å²) < 4.78 is 26.6. The fourth-order valence-corrected chi connectivity index (χ4v) is 3.13. The first kappa shape index (κ1) is 16.3. The Morgan fingerprint density at radius 3 is 2.68 bits per heavy atom. The Hall–Kier alpha value is -2.08. The Bertz CT molecular complexity index is 716. The van der Waals surface area contributed by atoms with Crippen LogP contribution in [0.25, 0.3) is 0 Å². The van der Waals surface area contributed by atoms with Gasteiger partial charge in [0.25, 0.3) is 10.0 Å². The first-order valence-corrected chi connectivity index (χ1v) is 8.61. The minimum absolute atomic E-state index is 0.0938. The molecule has 1 aromatic carbocycles. The SMILES string of the molecule is Cc1ccc(S(=O)(=O)NC(N)=NCC2=CC=CC(C)C2)cc1. The highest BCUT2D eigenvalue weighted by Gasteiger charge is 2.14. The highest BCUT2D eigenvalue weighted by atomic mass is 32.2. The van der Waals surface area contributed by atoms with Crippen molar-refractivity contribution in [2.45, 2.75) is 25.2 Å². The van der Waals surface area contributed by atoms with Crippen LogP contribution in [0.1, 0.15) is 18.9 Å². The van der Waals surface area contributed by atoms with Crippen molar-refractivity contribution in [3.8, 4) is 0 Å². The van der Waals surface area contributed by atoms with Gasteiger partial charge in [-0.05, 0) is 37.0 Å². The van der Waals surface area contributed by atoms with Crippen LogP contribution >= 0.6 is 0 Å². The van der Waals surface area contributed by atoms with Gasteiger partial charge < -0.3 is 5.73 Å². The van der Waals surface area contributed by atoms with Crippen molar-refractivity contribution in [1.29, 1.82) is 0 Å². The molecule has 0 heterocycles. The zero-order valence-corrected chi connectivity index (χ0v) is 13.6. The summed E-state index contributed by atoms with van der Waals surface area (Å²) in [5, 5.41) is 0. The van der Waals surface area contributed by atoms with Gasteiger partial charge in [0.15, 0.2) is 0 Å². The zero-order chi connectivity index (χ0) is 16.2. The largest absolute Gasteiger partial charge is 0.369 e. The summed E-state index contributed by atoms with van der Waals surface area (Å²) in [6.07, 6.45) is 7.02. The van der Waals surface area contributed by atoms with E-state index in [0.29, 0.717) is 12.5 Å². The summed E-state index contributed by atoms with van der Waals surface area (Å²) in [6, 6.07) is 6.56. The van der Waals surface area contributed by atoms with Crippen LogP contribution in [0.5, 0.6) is 0 Å². The summed E-state index contributed by atoms with van der Waals surface area (Å²) in [4.78, 5) is 4.28. The predicted molar refractivity (Wildman–Crippen MR) is 89.0 cm³/mol. The molecule has 0 bridgehead atoms. The van der Waals surface area contributed by atoms with E-state index in [2.05, 4.69) is 22.7 Å². The third kappa shape index (κ3) is 4.46. The Morgan fingerprint density at radius 2 is 2.05 bits per heavy atom. The molecule has 1 atom stereocenters. The molecule has 0 aromatic heterocycles. The van der Waals surface area contributed by atoms with Crippen molar-refractivity contribution in [1.82, 2.24) is 4.72 Å². The van der Waals surface area contributed by atoms with Crippen molar-refractivity contribution in [2.75, 3.05) is 6.54 Å². The summed E-state index contributed by atoms with van der Waals surface area (Å²) in [5.41, 5.74) is 7.82. The van der Waals surface area contributed by atoms with E-state index in [-0.39, 0.29) is 10.9 Å². The fraction of sp³-hybridized carbons (Fsp3) is 0.312. The van der Waals surface area contributed by atoms with E-state index in [1.807, 2.05) is 19.1 Å². The van der Waals surface area contributed by atoms with Gasteiger partial charge in [-0.25, -0.2) is 18.1 Å². The molecule has 0 aliphatic heterocycles. The van der Waals surface area contributed by atoms with Gasteiger partial charge in [0.05, 0.1) is 11.4 Å². The average Bonchev–Trinajstić information content (AvgIpc) is 2.45. The first-order valence-electron chi connectivity index (χ1n) is 7.12. The van der Waals surface area contributed by atoms with E-state index in [0.717, 1.165) is 17.6 Å². The van der Waals surface area contributed by atoms with Crippen molar-refractivity contribution < 1.29 is 8.42 Å². The number of nitrogens with one attached hydrogen (secondary N) is 1. The van der Waals surface area contributed by atoms with Gasteiger partial charge in [-0.2, -0.15) is 0 Å². The number of nitrogens with zero attached hydrogens (tertiary/aromatic N) is 1. The number of rotatable bonds is 4. The molecule has 5 nitrogen and oxygen atoms in total. The van der Waals surface area contributed by atoms with Crippen LogP contribution in [0.15, 0.2) is 58.0 Å². The van der Waals surface area contributed by atoms with Gasteiger partial charge in [0.2, 0.25) is 5.96 Å². The molecule has 2 rings (SSSR count). The second-order valence-electron chi connectivity index (χ2n) is 5.51. The molecule has 22 heavy (non-hydrogen) atoms. The van der Waals surface area contributed by atoms with E-state index in [1.54, 1.807) is 24.3 Å². The van der Waals surface area contributed by atoms with Crippen LogP contribution in [0.2, 0.25) is 0 Å². The molecule has 3 N–H and O–H groups in total. The normalized spacial score (nSPS) is 18.9. The fourth-order valence-electron chi connectivity index (χ4n) is 2.18. The summed E-state index contributed by atoms with van der Waals surface area (Å²) in [7, 11) is -3.68. The van der Waals surface area contributed by atoms with Crippen LogP contribution < -0.4 is 10.5 Å². The molecular weight excluding hydrogens is 298 g/mol. The van der Waals surface area contributed by atoms with Crippen LogP contribution in [-0.2, 0) is 10.0 Å². The molecule has 0 amide bonds. The third-order valence-electron chi connectivity index (χ3n) is 3.38. The quantitative estimate of drug-likeness (QED) is 0.658. The van der Waals surface area contributed by atoms with Crippen LogP contribution in [0.4, 0.5) is 0 Å². The number of nitrogens with two attached hydrogens (primary N) is 1. The maximum atomic E-state index is 12.2. The van der Waals surface area contributed by atoms with E-state index < -0.39 is 10.0 Å². The molecule has 1 aliphatic carbocycles. The Morgan fingerprint density at radius 1 is 1.36 bits per heavy atom. The van der Waals surface area contributed by atoms with Gasteiger partial charge in [0.1, 0.15) is 0 Å². The van der Waals surface area contributed by atoms with Gasteiger partial charge >= 0.3 is 0 Å². The molecule has 1 unspecified atom stereocenters. The van der Waals surface area contributed by atoms with Gasteiger partial charge in [-0.1, -0.05) is 42.8 Å². The van der Waals surface area contributed by atoms with Crippen molar-refractivity contribution >= 4 is 16.0 Å². The molecule has 0 spiro atoms. The molecule has 0 saturated carbocycles. The Balaban J connectivity index is 2.02. The number of sulfonamides is 1. The number of aliphatic imine (C=N–C) groups is 1. The smallest absolute Gasteiger partial charge is 0.264 e. The zero-order valence-electron chi connectivity index (χ0n) is 12.8. The standard InChI is InChI=1S/C16H21N3O2S/c1-12-6-8-15(9-7-12)22(20,21)19-16(17)18-11-14-5-3-4-13(2)10-14/h3-9,13H,10-11H2,1-2H3,(H3,17,18,19). The number of allylic oxidation sites excluding steroid dienone is 3. The van der Waals surface area contributed by atoms with Gasteiger partial charge in [-0.3, -0.25) is 0 Å². The number of benzene rings is 1. The van der Waals surface area contributed by atoms with E-state index in [1.165, 1.54) is 0 Å². The highest BCUT2D eigenvalue weighted by Crippen LogP contribution is 2.17. The lowest BCUT2D eigenvalue weighted by atomic mass is 9.96. The summed E-state index contributed by atoms with van der Waals surface area (Å²) >= 11 is 0. The number of guanidine groups is 1. The lowest BCUT2D eigenvalue weighted by Gasteiger charge is -2.13. The molecule has 118 valence electrons. The number of hydrogen-bond donors (Lipinski definition) is 2. The van der Waals surface area contributed by atoms with Crippen LogP contribution in [0, 0.1) is 12.8 Å². The van der Waals surface area contributed by atoms with Gasteiger partial charge in [0, 0.05) is 0 Å².